The zero-order chi connectivity index (χ0) is 22.4. The Bertz CT molecular complexity index is 1540. The maximum absolute atomic E-state index is 14.7. The largest absolute Gasteiger partial charge is 0.360 e. The van der Waals surface area contributed by atoms with Crippen molar-refractivity contribution < 1.29 is 13.2 Å². The first-order valence-electron chi connectivity index (χ1n) is 9.65. The van der Waals surface area contributed by atoms with Gasteiger partial charge in [0.15, 0.2) is 23.1 Å². The van der Waals surface area contributed by atoms with E-state index >= 15 is 0 Å². The van der Waals surface area contributed by atoms with E-state index in [4.69, 9.17) is 0 Å². The van der Waals surface area contributed by atoms with E-state index in [1.165, 1.54) is 30.9 Å². The number of fused-ring (bicyclic) bond motifs is 2. The number of aromatic nitrogens is 5. The summed E-state index contributed by atoms with van der Waals surface area (Å²) in [5, 5.41) is 3.25. The molecule has 0 spiro atoms. The number of hydrogen-bond acceptors (Lipinski definition) is 5. The Balaban J connectivity index is 1.75. The van der Waals surface area contributed by atoms with E-state index in [1.54, 1.807) is 19.1 Å². The molecular formula is C22H15F3N6O. The van der Waals surface area contributed by atoms with E-state index in [0.717, 1.165) is 16.7 Å². The molecule has 0 aliphatic rings. The Morgan fingerprint density at radius 2 is 1.81 bits per heavy atom. The number of H-pyrrole nitrogens is 1. The Hall–Kier alpha value is -4.21. The highest BCUT2D eigenvalue weighted by molar-refractivity contribution is 5.84. The number of hydrogen-bond donors (Lipinski definition) is 2. The first-order chi connectivity index (χ1) is 15.5. The van der Waals surface area contributed by atoms with Crippen molar-refractivity contribution in [1.82, 2.24) is 24.5 Å². The minimum absolute atomic E-state index is 0.219. The Labute approximate surface area is 178 Å². The predicted octanol–water partition coefficient (Wildman–Crippen LogP) is 4.25. The van der Waals surface area contributed by atoms with Crippen LogP contribution in [0.25, 0.3) is 27.6 Å². The molecular weight excluding hydrogens is 421 g/mol. The Morgan fingerprint density at radius 3 is 2.66 bits per heavy atom. The molecule has 160 valence electrons. The van der Waals surface area contributed by atoms with Gasteiger partial charge in [-0.05, 0) is 36.6 Å². The minimum atomic E-state index is -1.21. The molecule has 7 nitrogen and oxygen atoms in total. The molecule has 0 fully saturated rings. The van der Waals surface area contributed by atoms with Gasteiger partial charge in [-0.1, -0.05) is 18.2 Å². The fraction of sp³-hybridized carbons (Fsp3) is 0.0909. The number of halogens is 3. The summed E-state index contributed by atoms with van der Waals surface area (Å²) in [6.45, 7) is 1.72. The highest BCUT2D eigenvalue weighted by Crippen LogP contribution is 2.27. The number of nitrogens with zero attached hydrogens (tertiary/aromatic N) is 4. The standard InChI is InChI=1S/C22H15F3N6O/c1-11(30-21-19-20(27-9-26-19)28-10-29-21)16-8-12-4-2-5-13(23)17(12)22(32)31(16)15-7-3-6-14(24)18(15)25/h2-11H,1H3,(H2,26,27,28,29,30)/t11-/m1/s1. The van der Waals surface area contributed by atoms with Crippen LogP contribution in [-0.2, 0) is 0 Å². The van der Waals surface area contributed by atoms with E-state index in [1.807, 2.05) is 0 Å². The second-order valence-electron chi connectivity index (χ2n) is 7.17. The predicted molar refractivity (Wildman–Crippen MR) is 113 cm³/mol. The summed E-state index contributed by atoms with van der Waals surface area (Å²) in [5.74, 6) is -2.71. The molecule has 0 saturated carbocycles. The van der Waals surface area contributed by atoms with Gasteiger partial charge in [0.1, 0.15) is 17.7 Å². The molecule has 32 heavy (non-hydrogen) atoms. The lowest BCUT2D eigenvalue weighted by Crippen LogP contribution is -2.27. The Kier molecular flexibility index (Phi) is 4.62. The quantitative estimate of drug-likeness (QED) is 0.440. The van der Waals surface area contributed by atoms with Crippen LogP contribution in [0.3, 0.4) is 0 Å². The zero-order valence-corrected chi connectivity index (χ0v) is 16.6. The Morgan fingerprint density at radius 1 is 1.03 bits per heavy atom. The summed E-state index contributed by atoms with van der Waals surface area (Å²) in [6, 6.07) is 8.62. The van der Waals surface area contributed by atoms with Gasteiger partial charge in [-0.15, -0.1) is 0 Å². The highest BCUT2D eigenvalue weighted by Gasteiger charge is 2.22. The van der Waals surface area contributed by atoms with Gasteiger partial charge in [0.25, 0.3) is 5.56 Å². The van der Waals surface area contributed by atoms with Gasteiger partial charge >= 0.3 is 0 Å². The summed E-state index contributed by atoms with van der Waals surface area (Å²) >= 11 is 0. The molecule has 10 heteroatoms. The second kappa shape index (κ2) is 7.49. The average molecular weight is 436 g/mol. The summed E-state index contributed by atoms with van der Waals surface area (Å²) in [5.41, 5.74) is 0.124. The van der Waals surface area contributed by atoms with Crippen LogP contribution < -0.4 is 10.9 Å². The zero-order valence-electron chi connectivity index (χ0n) is 16.6. The third-order valence-electron chi connectivity index (χ3n) is 5.21. The van der Waals surface area contributed by atoms with Crippen LogP contribution in [0.5, 0.6) is 0 Å². The number of pyridine rings is 1. The molecule has 0 unspecified atom stereocenters. The van der Waals surface area contributed by atoms with Crippen LogP contribution >= 0.6 is 0 Å². The number of rotatable bonds is 4. The van der Waals surface area contributed by atoms with Crippen LogP contribution in [0.15, 0.2) is 59.9 Å². The SMILES string of the molecule is C[C@@H](Nc1ncnc2[nH]cnc12)c1cc2cccc(F)c2c(=O)n1-c1cccc(F)c1F. The monoisotopic (exact) mass is 436 g/mol. The van der Waals surface area contributed by atoms with Crippen molar-refractivity contribution in [3.8, 4) is 5.69 Å². The molecule has 0 radical (unpaired) electrons. The number of anilines is 1. The van der Waals surface area contributed by atoms with Crippen molar-refractivity contribution in [2.45, 2.75) is 13.0 Å². The molecule has 3 aromatic heterocycles. The molecule has 2 N–H and O–H groups in total. The van der Waals surface area contributed by atoms with Gasteiger partial charge in [-0.2, -0.15) is 0 Å². The van der Waals surface area contributed by atoms with Gasteiger partial charge in [-0.25, -0.2) is 28.1 Å². The van der Waals surface area contributed by atoms with Crippen LogP contribution in [-0.4, -0.2) is 24.5 Å². The van der Waals surface area contributed by atoms with Crippen molar-refractivity contribution in [3.05, 3.63) is 88.6 Å². The van der Waals surface area contributed by atoms with Crippen LogP contribution in [0, 0.1) is 17.5 Å². The number of benzene rings is 2. The third kappa shape index (κ3) is 3.08. The molecule has 0 bridgehead atoms. The summed E-state index contributed by atoms with van der Waals surface area (Å²) in [4.78, 5) is 28.6. The molecule has 5 aromatic rings. The minimum Gasteiger partial charge on any atom is -0.360 e. The fourth-order valence-electron chi connectivity index (χ4n) is 3.72. The molecule has 0 aliphatic carbocycles. The molecule has 2 aromatic carbocycles. The highest BCUT2D eigenvalue weighted by atomic mass is 19.2. The topological polar surface area (TPSA) is 88.5 Å². The maximum atomic E-state index is 14.7. The lowest BCUT2D eigenvalue weighted by atomic mass is 10.1. The van der Waals surface area contributed by atoms with Crippen LogP contribution in [0.1, 0.15) is 18.7 Å². The van der Waals surface area contributed by atoms with Crippen LogP contribution in [0.4, 0.5) is 19.0 Å². The molecule has 3 heterocycles. The normalized spacial score (nSPS) is 12.4. The maximum Gasteiger partial charge on any atom is 0.266 e. The molecule has 5 rings (SSSR count). The molecule has 0 amide bonds. The van der Waals surface area contributed by atoms with Crippen molar-refractivity contribution in [2.24, 2.45) is 0 Å². The van der Waals surface area contributed by atoms with E-state index in [-0.39, 0.29) is 16.8 Å². The number of imidazole rings is 1. The van der Waals surface area contributed by atoms with Gasteiger partial charge < -0.3 is 10.3 Å². The van der Waals surface area contributed by atoms with Crippen molar-refractivity contribution in [1.29, 1.82) is 0 Å². The first kappa shape index (κ1) is 19.7. The lowest BCUT2D eigenvalue weighted by Gasteiger charge is -2.21. The number of nitrogens with one attached hydrogen (secondary N) is 2. The summed E-state index contributed by atoms with van der Waals surface area (Å²) in [7, 11) is 0. The van der Waals surface area contributed by atoms with Crippen molar-refractivity contribution >= 4 is 27.8 Å². The molecule has 0 aliphatic heterocycles. The second-order valence-corrected chi connectivity index (χ2v) is 7.17. The van der Waals surface area contributed by atoms with E-state index in [2.05, 4.69) is 25.3 Å². The third-order valence-corrected chi connectivity index (χ3v) is 5.21. The van der Waals surface area contributed by atoms with Gasteiger partial charge in [0.05, 0.1) is 23.4 Å². The van der Waals surface area contributed by atoms with E-state index in [9.17, 15) is 18.0 Å². The molecule has 1 atom stereocenters. The van der Waals surface area contributed by atoms with Crippen LogP contribution in [0.2, 0.25) is 0 Å². The van der Waals surface area contributed by atoms with Gasteiger partial charge in [0, 0.05) is 5.69 Å². The molecule has 0 saturated heterocycles. The smallest absolute Gasteiger partial charge is 0.266 e. The first-order valence-corrected chi connectivity index (χ1v) is 9.65. The fourth-order valence-corrected chi connectivity index (χ4v) is 3.72. The average Bonchev–Trinajstić information content (AvgIpc) is 3.26. The lowest BCUT2D eigenvalue weighted by molar-refractivity contribution is 0.502. The summed E-state index contributed by atoms with van der Waals surface area (Å²) in [6.07, 6.45) is 2.80. The summed E-state index contributed by atoms with van der Waals surface area (Å²) < 4.78 is 44.2. The van der Waals surface area contributed by atoms with Gasteiger partial charge in [-0.3, -0.25) is 9.36 Å². The van der Waals surface area contributed by atoms with E-state index < -0.39 is 29.1 Å². The van der Waals surface area contributed by atoms with Gasteiger partial charge in [0.2, 0.25) is 0 Å². The van der Waals surface area contributed by atoms with E-state index in [0.29, 0.717) is 22.4 Å². The van der Waals surface area contributed by atoms with Crippen molar-refractivity contribution in [2.75, 3.05) is 5.32 Å². The van der Waals surface area contributed by atoms with Crippen molar-refractivity contribution in [3.63, 3.8) is 0 Å². The number of aromatic amines is 1.